The van der Waals surface area contributed by atoms with Crippen molar-refractivity contribution in [2.45, 2.75) is 65.3 Å². The van der Waals surface area contributed by atoms with Gasteiger partial charge in [-0.3, -0.25) is 4.98 Å². The zero-order valence-corrected chi connectivity index (χ0v) is 18.2. The summed E-state index contributed by atoms with van der Waals surface area (Å²) < 4.78 is 18.0. The van der Waals surface area contributed by atoms with Gasteiger partial charge in [-0.15, -0.1) is 0 Å². The van der Waals surface area contributed by atoms with E-state index in [2.05, 4.69) is 25.4 Å². The molecule has 6 atom stereocenters. The van der Waals surface area contributed by atoms with E-state index in [1.807, 2.05) is 6.92 Å². The number of carbonyl (C=O) groups is 1. The Bertz CT molecular complexity index is 826. The van der Waals surface area contributed by atoms with E-state index in [0.29, 0.717) is 24.2 Å². The van der Waals surface area contributed by atoms with Crippen LogP contribution in [0.1, 0.15) is 63.2 Å². The first kappa shape index (κ1) is 21.3. The lowest BCUT2D eigenvalue weighted by Crippen LogP contribution is -2.61. The van der Waals surface area contributed by atoms with Crippen LogP contribution in [-0.2, 0) is 9.47 Å². The van der Waals surface area contributed by atoms with Crippen LogP contribution in [0.25, 0.3) is 0 Å². The van der Waals surface area contributed by atoms with E-state index in [1.165, 1.54) is 24.0 Å². The third kappa shape index (κ3) is 3.54. The first-order valence-electron chi connectivity index (χ1n) is 11.0. The number of aromatic nitrogens is 1. The van der Waals surface area contributed by atoms with E-state index in [4.69, 9.17) is 14.2 Å². The number of hydrogen-bond donors (Lipinski definition) is 1. The molecular weight excluding hydrogens is 382 g/mol. The van der Waals surface area contributed by atoms with Crippen molar-refractivity contribution in [2.75, 3.05) is 13.2 Å². The molecule has 2 heterocycles. The lowest BCUT2D eigenvalue weighted by molar-refractivity contribution is -0.297. The first-order valence-corrected chi connectivity index (χ1v) is 11.0. The van der Waals surface area contributed by atoms with Gasteiger partial charge in [0.25, 0.3) is 0 Å². The molecule has 1 aromatic rings. The van der Waals surface area contributed by atoms with Crippen molar-refractivity contribution in [1.82, 2.24) is 4.98 Å². The fourth-order valence-corrected chi connectivity index (χ4v) is 6.45. The summed E-state index contributed by atoms with van der Waals surface area (Å²) in [4.78, 5) is 15.4. The molecular formula is C24H33NO5. The molecule has 2 saturated carbocycles. The van der Waals surface area contributed by atoms with E-state index in [1.54, 1.807) is 0 Å². The Labute approximate surface area is 178 Å². The molecule has 1 aromatic heterocycles. The molecule has 1 N–H and O–H groups in total. The van der Waals surface area contributed by atoms with Crippen molar-refractivity contribution in [3.05, 3.63) is 36.2 Å². The van der Waals surface area contributed by atoms with Gasteiger partial charge < -0.3 is 19.3 Å². The van der Waals surface area contributed by atoms with E-state index >= 15 is 0 Å². The van der Waals surface area contributed by atoms with Crippen LogP contribution in [0.5, 0.6) is 5.75 Å². The molecule has 164 valence electrons. The van der Waals surface area contributed by atoms with Crippen LogP contribution in [-0.4, -0.2) is 41.7 Å². The van der Waals surface area contributed by atoms with Crippen LogP contribution < -0.4 is 4.74 Å². The van der Waals surface area contributed by atoms with Gasteiger partial charge >= 0.3 is 5.97 Å². The maximum Gasteiger partial charge on any atom is 0.339 e. The van der Waals surface area contributed by atoms with Gasteiger partial charge in [-0.2, -0.15) is 0 Å². The minimum absolute atomic E-state index is 0.0130. The summed E-state index contributed by atoms with van der Waals surface area (Å²) in [6, 6.07) is 1.47. The minimum atomic E-state index is -1.00. The molecule has 0 bridgehead atoms. The highest BCUT2D eigenvalue weighted by molar-refractivity contribution is 5.90. The maximum absolute atomic E-state index is 11.4. The van der Waals surface area contributed by atoms with Gasteiger partial charge in [0.2, 0.25) is 0 Å². The van der Waals surface area contributed by atoms with Crippen molar-refractivity contribution in [1.29, 1.82) is 0 Å². The van der Waals surface area contributed by atoms with Gasteiger partial charge in [-0.25, -0.2) is 4.79 Å². The monoisotopic (exact) mass is 415 g/mol. The maximum atomic E-state index is 11.4. The van der Waals surface area contributed by atoms with Crippen LogP contribution in [0.4, 0.5) is 0 Å². The molecule has 3 fully saturated rings. The summed E-state index contributed by atoms with van der Waals surface area (Å²) in [6.45, 7) is 12.3. The predicted molar refractivity (Wildman–Crippen MR) is 112 cm³/mol. The van der Waals surface area contributed by atoms with Gasteiger partial charge in [0, 0.05) is 11.6 Å². The van der Waals surface area contributed by atoms with Crippen LogP contribution in [0, 0.1) is 22.7 Å². The SMILES string of the molecule is C=C1CCC2[C@]3(C)CO[C@@H](C)O[C@@H]3CC[C@@]2(C)[C@@H]1CCOc1cnccc1C(=O)O. The van der Waals surface area contributed by atoms with Crippen molar-refractivity contribution in [2.24, 2.45) is 22.7 Å². The van der Waals surface area contributed by atoms with E-state index < -0.39 is 5.97 Å². The highest BCUT2D eigenvalue weighted by Gasteiger charge is 2.59. The number of nitrogens with zero attached hydrogens (tertiary/aromatic N) is 1. The quantitative estimate of drug-likeness (QED) is 0.703. The Balaban J connectivity index is 1.50. The van der Waals surface area contributed by atoms with Crippen LogP contribution in [0.3, 0.4) is 0 Å². The van der Waals surface area contributed by atoms with Gasteiger partial charge in [-0.1, -0.05) is 26.0 Å². The summed E-state index contributed by atoms with van der Waals surface area (Å²) in [5.41, 5.74) is 1.56. The second kappa shape index (κ2) is 7.97. The average molecular weight is 416 g/mol. The number of rotatable bonds is 5. The Hall–Kier alpha value is -1.92. The second-order valence-electron chi connectivity index (χ2n) is 9.67. The predicted octanol–water partition coefficient (Wildman–Crippen LogP) is 4.70. The fourth-order valence-electron chi connectivity index (χ4n) is 6.45. The standard InChI is InChI=1S/C24H33NO5/c1-15-5-6-20-23(3,10-7-21-24(20,4)14-29-16(2)30-21)18(15)9-12-28-19-13-25-11-8-17(19)22(26)27/h8,11,13,16,18,20-21H,1,5-7,9-10,12,14H2,2-4H3,(H,26,27)/t16-,18-,20?,21-,23+,24+/m1/s1. The number of hydrogen-bond acceptors (Lipinski definition) is 5. The summed E-state index contributed by atoms with van der Waals surface area (Å²) >= 11 is 0. The highest BCUT2D eigenvalue weighted by Crippen LogP contribution is 2.63. The summed E-state index contributed by atoms with van der Waals surface area (Å²) in [7, 11) is 0. The molecule has 6 heteroatoms. The fraction of sp³-hybridized carbons (Fsp3) is 0.667. The number of pyridine rings is 1. The Morgan fingerprint density at radius 3 is 2.93 bits per heavy atom. The van der Waals surface area contributed by atoms with Crippen molar-refractivity contribution < 1.29 is 24.1 Å². The second-order valence-corrected chi connectivity index (χ2v) is 9.67. The smallest absolute Gasteiger partial charge is 0.339 e. The number of fused-ring (bicyclic) bond motifs is 3. The van der Waals surface area contributed by atoms with E-state index in [0.717, 1.165) is 38.7 Å². The summed E-state index contributed by atoms with van der Waals surface area (Å²) in [5.74, 6) is 0.157. The lowest BCUT2D eigenvalue weighted by Gasteiger charge is -2.62. The Morgan fingerprint density at radius 1 is 1.37 bits per heavy atom. The lowest BCUT2D eigenvalue weighted by atomic mass is 9.46. The van der Waals surface area contributed by atoms with E-state index in [-0.39, 0.29) is 28.8 Å². The van der Waals surface area contributed by atoms with Crippen molar-refractivity contribution in [3.63, 3.8) is 0 Å². The summed E-state index contributed by atoms with van der Waals surface area (Å²) in [6.07, 6.45) is 8.15. The van der Waals surface area contributed by atoms with Crippen molar-refractivity contribution in [3.8, 4) is 5.75 Å². The van der Waals surface area contributed by atoms with Crippen LogP contribution in [0.15, 0.2) is 30.6 Å². The Kier molecular flexibility index (Phi) is 5.66. The zero-order chi connectivity index (χ0) is 21.5. The largest absolute Gasteiger partial charge is 0.491 e. The first-order chi connectivity index (χ1) is 14.3. The number of carboxylic acids is 1. The third-order valence-corrected chi connectivity index (χ3v) is 7.98. The summed E-state index contributed by atoms with van der Waals surface area (Å²) in [5, 5.41) is 9.36. The van der Waals surface area contributed by atoms with Crippen LogP contribution >= 0.6 is 0 Å². The number of allylic oxidation sites excluding steroid dienone is 1. The molecule has 6 nitrogen and oxygen atoms in total. The highest BCUT2D eigenvalue weighted by atomic mass is 16.7. The molecule has 0 amide bonds. The van der Waals surface area contributed by atoms with Gasteiger partial charge in [0.05, 0.1) is 25.5 Å². The number of aromatic carboxylic acids is 1. The molecule has 4 rings (SSSR count). The normalized spacial score (nSPS) is 38.4. The van der Waals surface area contributed by atoms with Gasteiger partial charge in [-0.05, 0) is 62.3 Å². The van der Waals surface area contributed by atoms with E-state index in [9.17, 15) is 9.90 Å². The van der Waals surface area contributed by atoms with Gasteiger partial charge in [0.1, 0.15) is 5.56 Å². The molecule has 1 unspecified atom stereocenters. The van der Waals surface area contributed by atoms with Gasteiger partial charge in [0.15, 0.2) is 12.0 Å². The third-order valence-electron chi connectivity index (χ3n) is 7.98. The molecule has 30 heavy (non-hydrogen) atoms. The number of carboxylic acid groups (broad SMARTS) is 1. The minimum Gasteiger partial charge on any atom is -0.491 e. The topological polar surface area (TPSA) is 77.9 Å². The number of ether oxygens (including phenoxy) is 3. The van der Waals surface area contributed by atoms with Crippen molar-refractivity contribution >= 4 is 5.97 Å². The molecule has 0 aromatic carbocycles. The van der Waals surface area contributed by atoms with Crippen LogP contribution in [0.2, 0.25) is 0 Å². The molecule has 2 aliphatic carbocycles. The molecule has 1 aliphatic heterocycles. The Morgan fingerprint density at radius 2 is 2.17 bits per heavy atom. The molecule has 3 aliphatic rings. The molecule has 0 spiro atoms. The molecule has 1 saturated heterocycles. The zero-order valence-electron chi connectivity index (χ0n) is 18.2. The average Bonchev–Trinajstić information content (AvgIpc) is 2.71. The molecule has 0 radical (unpaired) electrons.